The summed E-state index contributed by atoms with van der Waals surface area (Å²) in [6, 6.07) is 7.40. The molecule has 0 aliphatic carbocycles. The molecule has 1 atom stereocenters. The third kappa shape index (κ3) is 4.47. The lowest BCUT2D eigenvalue weighted by atomic mass is 10.1. The maximum Gasteiger partial charge on any atom is 0.339 e. The van der Waals surface area contributed by atoms with Crippen molar-refractivity contribution in [2.75, 3.05) is 27.2 Å². The molecule has 1 aromatic rings. The summed E-state index contributed by atoms with van der Waals surface area (Å²) >= 11 is 0. The van der Waals surface area contributed by atoms with Gasteiger partial charge in [0.05, 0.1) is 6.61 Å². The summed E-state index contributed by atoms with van der Waals surface area (Å²) in [4.78, 5) is 13.5. The van der Waals surface area contributed by atoms with Crippen LogP contribution in [0, 0.1) is 0 Å². The van der Waals surface area contributed by atoms with E-state index < -0.39 is 12.1 Å². The van der Waals surface area contributed by atoms with E-state index in [4.69, 9.17) is 4.74 Å². The van der Waals surface area contributed by atoms with Gasteiger partial charge in [-0.15, -0.1) is 0 Å². The van der Waals surface area contributed by atoms with Crippen LogP contribution in [0.3, 0.4) is 0 Å². The summed E-state index contributed by atoms with van der Waals surface area (Å²) in [5.41, 5.74) is 1.76. The summed E-state index contributed by atoms with van der Waals surface area (Å²) in [5.74, 6) is -0.599. The molecule has 0 heterocycles. The highest BCUT2D eigenvalue weighted by molar-refractivity contribution is 5.76. The van der Waals surface area contributed by atoms with Crippen molar-refractivity contribution < 1.29 is 14.6 Å². The number of likely N-dealkylation sites (N-methyl/N-ethyl adjacent to an activating group) is 1. The number of benzene rings is 1. The van der Waals surface area contributed by atoms with Gasteiger partial charge in [-0.3, -0.25) is 0 Å². The van der Waals surface area contributed by atoms with E-state index in [1.807, 2.05) is 26.2 Å². The third-order valence-electron chi connectivity index (χ3n) is 2.65. The highest BCUT2D eigenvalue weighted by Gasteiger charge is 2.17. The van der Waals surface area contributed by atoms with E-state index >= 15 is 0 Å². The Hall–Kier alpha value is -1.39. The first kappa shape index (κ1) is 14.7. The molecule has 4 nitrogen and oxygen atoms in total. The fourth-order valence-electron chi connectivity index (χ4n) is 1.58. The Morgan fingerprint density at radius 2 is 1.94 bits per heavy atom. The molecule has 1 aromatic carbocycles. The average Bonchev–Trinajstić information content (AvgIpc) is 2.36. The monoisotopic (exact) mass is 251 g/mol. The molecule has 1 rings (SSSR count). The second-order valence-electron chi connectivity index (χ2n) is 4.45. The summed E-state index contributed by atoms with van der Waals surface area (Å²) < 4.78 is 4.77. The van der Waals surface area contributed by atoms with E-state index in [-0.39, 0.29) is 6.61 Å². The largest absolute Gasteiger partial charge is 0.464 e. The third-order valence-corrected chi connectivity index (χ3v) is 2.65. The first-order valence-corrected chi connectivity index (χ1v) is 6.13. The standard InChI is InChI=1S/C14H21NO3/c1-4-18-14(17)13(16)12-7-5-11(6-8-12)9-10-15(2)3/h5-8,13,16H,4,9-10H2,1-3H3. The Morgan fingerprint density at radius 1 is 1.33 bits per heavy atom. The lowest BCUT2D eigenvalue weighted by Gasteiger charge is -2.12. The molecule has 18 heavy (non-hydrogen) atoms. The van der Waals surface area contributed by atoms with E-state index in [0.29, 0.717) is 5.56 Å². The first-order valence-electron chi connectivity index (χ1n) is 6.13. The van der Waals surface area contributed by atoms with Crippen LogP contribution in [0.4, 0.5) is 0 Å². The SMILES string of the molecule is CCOC(=O)C(O)c1ccc(CCN(C)C)cc1. The molecule has 0 radical (unpaired) electrons. The highest BCUT2D eigenvalue weighted by Crippen LogP contribution is 2.15. The lowest BCUT2D eigenvalue weighted by molar-refractivity contribution is -0.153. The van der Waals surface area contributed by atoms with Crippen molar-refractivity contribution in [1.29, 1.82) is 0 Å². The lowest BCUT2D eigenvalue weighted by Crippen LogP contribution is -2.16. The molecule has 1 unspecified atom stereocenters. The minimum atomic E-state index is -1.19. The fraction of sp³-hybridized carbons (Fsp3) is 0.500. The van der Waals surface area contributed by atoms with Crippen LogP contribution in [0.15, 0.2) is 24.3 Å². The zero-order valence-corrected chi connectivity index (χ0v) is 11.2. The zero-order valence-electron chi connectivity index (χ0n) is 11.2. The number of esters is 1. The van der Waals surface area contributed by atoms with Crippen molar-refractivity contribution in [3.8, 4) is 0 Å². The molecule has 0 saturated heterocycles. The predicted octanol–water partition coefficient (Wildman–Crippen LogP) is 1.39. The van der Waals surface area contributed by atoms with Crippen molar-refractivity contribution in [2.45, 2.75) is 19.4 Å². The maximum atomic E-state index is 11.4. The van der Waals surface area contributed by atoms with Crippen LogP contribution in [0.1, 0.15) is 24.2 Å². The number of aliphatic hydroxyl groups is 1. The topological polar surface area (TPSA) is 49.8 Å². The summed E-state index contributed by atoms with van der Waals surface area (Å²) in [5, 5.41) is 9.75. The Bertz CT molecular complexity index is 373. The van der Waals surface area contributed by atoms with Gasteiger partial charge in [-0.2, -0.15) is 0 Å². The highest BCUT2D eigenvalue weighted by atomic mass is 16.5. The fourth-order valence-corrected chi connectivity index (χ4v) is 1.58. The van der Waals surface area contributed by atoms with Crippen LogP contribution in [0.2, 0.25) is 0 Å². The molecule has 0 fully saturated rings. The van der Waals surface area contributed by atoms with Crippen LogP contribution >= 0.6 is 0 Å². The molecule has 0 amide bonds. The van der Waals surface area contributed by atoms with E-state index in [1.165, 1.54) is 5.56 Å². The number of rotatable bonds is 6. The number of carbonyl (C=O) groups is 1. The molecule has 0 aliphatic rings. The average molecular weight is 251 g/mol. The van der Waals surface area contributed by atoms with Crippen LogP contribution in [0.5, 0.6) is 0 Å². The number of ether oxygens (including phenoxy) is 1. The van der Waals surface area contributed by atoms with E-state index in [2.05, 4.69) is 4.90 Å². The molecule has 0 aromatic heterocycles. The minimum absolute atomic E-state index is 0.275. The van der Waals surface area contributed by atoms with Gasteiger partial charge < -0.3 is 14.7 Å². The number of nitrogens with zero attached hydrogens (tertiary/aromatic N) is 1. The first-order chi connectivity index (χ1) is 8.54. The Balaban J connectivity index is 2.61. The second kappa shape index (κ2) is 7.13. The molecule has 0 spiro atoms. The number of carbonyl (C=O) groups excluding carboxylic acids is 1. The van der Waals surface area contributed by atoms with Gasteiger partial charge in [0.15, 0.2) is 6.10 Å². The zero-order chi connectivity index (χ0) is 13.5. The van der Waals surface area contributed by atoms with Gasteiger partial charge >= 0.3 is 5.97 Å². The number of hydrogen-bond acceptors (Lipinski definition) is 4. The second-order valence-corrected chi connectivity index (χ2v) is 4.45. The molecule has 1 N–H and O–H groups in total. The van der Waals surface area contributed by atoms with Crippen molar-refractivity contribution in [3.63, 3.8) is 0 Å². The van der Waals surface area contributed by atoms with Gasteiger partial charge in [0, 0.05) is 6.54 Å². The summed E-state index contributed by atoms with van der Waals surface area (Å²) in [7, 11) is 4.05. The van der Waals surface area contributed by atoms with E-state index in [9.17, 15) is 9.90 Å². The molecular weight excluding hydrogens is 230 g/mol. The summed E-state index contributed by atoms with van der Waals surface area (Å²) in [6.07, 6.45) is -0.240. The van der Waals surface area contributed by atoms with E-state index in [0.717, 1.165) is 13.0 Å². The van der Waals surface area contributed by atoms with Gasteiger partial charge in [0.2, 0.25) is 0 Å². The van der Waals surface area contributed by atoms with Gasteiger partial charge in [0.1, 0.15) is 0 Å². The van der Waals surface area contributed by atoms with Crippen molar-refractivity contribution in [3.05, 3.63) is 35.4 Å². The van der Waals surface area contributed by atoms with Crippen molar-refractivity contribution >= 4 is 5.97 Å². The quantitative estimate of drug-likeness (QED) is 0.776. The molecule has 0 aliphatic heterocycles. The Kier molecular flexibility index (Phi) is 5.82. The molecular formula is C14H21NO3. The van der Waals surface area contributed by atoms with Crippen LogP contribution in [0.25, 0.3) is 0 Å². The van der Waals surface area contributed by atoms with Crippen LogP contribution in [-0.4, -0.2) is 43.2 Å². The molecule has 0 saturated carbocycles. The van der Waals surface area contributed by atoms with Crippen molar-refractivity contribution in [1.82, 2.24) is 4.90 Å². The van der Waals surface area contributed by atoms with Gasteiger partial charge in [-0.25, -0.2) is 4.79 Å². The van der Waals surface area contributed by atoms with Gasteiger partial charge in [-0.1, -0.05) is 24.3 Å². The maximum absolute atomic E-state index is 11.4. The van der Waals surface area contributed by atoms with Crippen LogP contribution in [-0.2, 0) is 16.0 Å². The predicted molar refractivity (Wildman–Crippen MR) is 70.3 cm³/mol. The smallest absolute Gasteiger partial charge is 0.339 e. The van der Waals surface area contributed by atoms with Crippen molar-refractivity contribution in [2.24, 2.45) is 0 Å². The molecule has 4 heteroatoms. The normalized spacial score (nSPS) is 12.5. The number of aliphatic hydroxyl groups excluding tert-OH is 1. The minimum Gasteiger partial charge on any atom is -0.464 e. The van der Waals surface area contributed by atoms with Crippen LogP contribution < -0.4 is 0 Å². The Labute approximate surface area is 108 Å². The summed E-state index contributed by atoms with van der Waals surface area (Å²) in [6.45, 7) is 2.96. The van der Waals surface area contributed by atoms with E-state index in [1.54, 1.807) is 19.1 Å². The Morgan fingerprint density at radius 3 is 2.44 bits per heavy atom. The molecule has 100 valence electrons. The number of hydrogen-bond donors (Lipinski definition) is 1. The molecule has 0 bridgehead atoms. The van der Waals surface area contributed by atoms with Gasteiger partial charge in [0.25, 0.3) is 0 Å². The van der Waals surface area contributed by atoms with Gasteiger partial charge in [-0.05, 0) is 38.6 Å².